The van der Waals surface area contributed by atoms with Crippen molar-refractivity contribution in [1.82, 2.24) is 9.80 Å². The maximum atomic E-state index is 12.9. The fourth-order valence-electron chi connectivity index (χ4n) is 3.79. The minimum atomic E-state index is -4.32. The largest absolute Gasteiger partial charge is 0.416 e. The first-order valence-corrected chi connectivity index (χ1v) is 9.28. The minimum absolute atomic E-state index is 0.171. The molecular weight excluding hydrogens is 343 g/mol. The second-order valence-electron chi connectivity index (χ2n) is 7.24. The van der Waals surface area contributed by atoms with Crippen LogP contribution in [0.15, 0.2) is 24.3 Å². The van der Waals surface area contributed by atoms with Gasteiger partial charge in [0.05, 0.1) is 12.1 Å². The summed E-state index contributed by atoms with van der Waals surface area (Å²) in [5, 5.41) is 0. The lowest BCUT2D eigenvalue weighted by molar-refractivity contribution is -0.138. The summed E-state index contributed by atoms with van der Waals surface area (Å²) in [7, 11) is 0. The van der Waals surface area contributed by atoms with Gasteiger partial charge in [0, 0.05) is 44.5 Å². The predicted molar refractivity (Wildman–Crippen MR) is 95.1 cm³/mol. The lowest BCUT2D eigenvalue weighted by Gasteiger charge is -2.38. The molecule has 2 saturated heterocycles. The van der Waals surface area contributed by atoms with Crippen LogP contribution in [-0.4, -0.2) is 61.0 Å². The number of nitrogens with zero attached hydrogens (tertiary/aromatic N) is 3. The second-order valence-corrected chi connectivity index (χ2v) is 7.24. The number of hydrogen-bond acceptors (Lipinski definition) is 3. The van der Waals surface area contributed by atoms with Gasteiger partial charge in [-0.3, -0.25) is 9.69 Å². The molecule has 0 radical (unpaired) electrons. The van der Waals surface area contributed by atoms with Crippen LogP contribution in [0.2, 0.25) is 0 Å². The van der Waals surface area contributed by atoms with Crippen LogP contribution in [0.25, 0.3) is 0 Å². The third kappa shape index (κ3) is 4.50. The maximum absolute atomic E-state index is 12.9. The van der Waals surface area contributed by atoms with E-state index in [0.717, 1.165) is 25.5 Å². The van der Waals surface area contributed by atoms with Crippen molar-refractivity contribution in [1.29, 1.82) is 0 Å². The van der Waals surface area contributed by atoms with Crippen LogP contribution in [0.4, 0.5) is 18.9 Å². The van der Waals surface area contributed by atoms with Crippen LogP contribution < -0.4 is 4.90 Å². The zero-order valence-corrected chi connectivity index (χ0v) is 15.1. The Morgan fingerprint density at radius 1 is 1.12 bits per heavy atom. The number of carbonyl (C=O) groups excluding carboxylic acids is 1. The number of benzene rings is 1. The first-order valence-electron chi connectivity index (χ1n) is 9.28. The Morgan fingerprint density at radius 2 is 1.85 bits per heavy atom. The van der Waals surface area contributed by atoms with Crippen molar-refractivity contribution in [3.63, 3.8) is 0 Å². The van der Waals surface area contributed by atoms with Gasteiger partial charge in [0.1, 0.15) is 0 Å². The van der Waals surface area contributed by atoms with Gasteiger partial charge in [-0.2, -0.15) is 13.2 Å². The van der Waals surface area contributed by atoms with Crippen molar-refractivity contribution in [2.75, 3.05) is 44.2 Å². The van der Waals surface area contributed by atoms with E-state index < -0.39 is 11.7 Å². The lowest BCUT2D eigenvalue weighted by Crippen LogP contribution is -2.52. The number of carbonyl (C=O) groups is 1. The third-order valence-corrected chi connectivity index (χ3v) is 5.39. The maximum Gasteiger partial charge on any atom is 0.416 e. The van der Waals surface area contributed by atoms with Gasteiger partial charge in [0.2, 0.25) is 5.91 Å². The average Bonchev–Trinajstić information content (AvgIpc) is 2.62. The van der Waals surface area contributed by atoms with E-state index in [9.17, 15) is 18.0 Å². The Labute approximate surface area is 152 Å². The zero-order chi connectivity index (χ0) is 18.7. The zero-order valence-electron chi connectivity index (χ0n) is 15.1. The summed E-state index contributed by atoms with van der Waals surface area (Å²) < 4.78 is 38.6. The van der Waals surface area contributed by atoms with Crippen LogP contribution >= 0.6 is 0 Å². The molecule has 2 aliphatic heterocycles. The number of piperazine rings is 1. The van der Waals surface area contributed by atoms with E-state index in [0.29, 0.717) is 44.5 Å². The van der Waals surface area contributed by atoms with E-state index in [1.807, 2.05) is 9.80 Å². The molecule has 0 spiro atoms. The molecule has 3 rings (SSSR count). The fraction of sp³-hybridized carbons (Fsp3) is 0.632. The van der Waals surface area contributed by atoms with E-state index in [1.54, 1.807) is 6.07 Å². The van der Waals surface area contributed by atoms with Gasteiger partial charge in [-0.1, -0.05) is 6.07 Å². The summed E-state index contributed by atoms with van der Waals surface area (Å²) in [6, 6.07) is 5.77. The smallest absolute Gasteiger partial charge is 0.369 e. The highest BCUT2D eigenvalue weighted by Gasteiger charge is 2.31. The fourth-order valence-corrected chi connectivity index (χ4v) is 3.79. The van der Waals surface area contributed by atoms with Gasteiger partial charge in [0.15, 0.2) is 0 Å². The molecule has 1 aromatic rings. The number of alkyl halides is 3. The molecule has 2 heterocycles. The Balaban J connectivity index is 1.54. The first-order chi connectivity index (χ1) is 12.3. The monoisotopic (exact) mass is 369 g/mol. The lowest BCUT2D eigenvalue weighted by atomic mass is 10.0. The van der Waals surface area contributed by atoms with Crippen LogP contribution in [0, 0.1) is 0 Å². The molecule has 26 heavy (non-hydrogen) atoms. The molecule has 144 valence electrons. The van der Waals surface area contributed by atoms with Crippen molar-refractivity contribution < 1.29 is 18.0 Å². The summed E-state index contributed by atoms with van der Waals surface area (Å²) in [5.41, 5.74) is -0.0258. The van der Waals surface area contributed by atoms with Crippen LogP contribution in [0.5, 0.6) is 0 Å². The van der Waals surface area contributed by atoms with E-state index in [4.69, 9.17) is 0 Å². The molecule has 0 aromatic heterocycles. The SMILES string of the molecule is CC1CCCCN1C(=O)CN1CCN(c2cccc(C(F)(F)F)c2)CC1. The quantitative estimate of drug-likeness (QED) is 0.819. The minimum Gasteiger partial charge on any atom is -0.369 e. The Morgan fingerprint density at radius 3 is 2.50 bits per heavy atom. The standard InChI is InChI=1S/C19H26F3N3O/c1-15-5-2-3-8-25(15)18(26)14-23-9-11-24(12-10-23)17-7-4-6-16(13-17)19(20,21)22/h4,6-7,13,15H,2-3,5,8-12,14H2,1H3. The number of likely N-dealkylation sites (tertiary alicyclic amines) is 1. The van der Waals surface area contributed by atoms with Crippen LogP contribution in [0.1, 0.15) is 31.7 Å². The van der Waals surface area contributed by atoms with E-state index in [-0.39, 0.29) is 5.91 Å². The Hall–Kier alpha value is -1.76. The number of amides is 1. The normalized spacial score (nSPS) is 22.5. The molecule has 2 aliphatic rings. The number of hydrogen-bond donors (Lipinski definition) is 0. The predicted octanol–water partition coefficient (Wildman–Crippen LogP) is 3.23. The molecule has 0 bridgehead atoms. The molecule has 1 amide bonds. The van der Waals surface area contributed by atoms with E-state index >= 15 is 0 Å². The summed E-state index contributed by atoms with van der Waals surface area (Å²) in [5.74, 6) is 0.171. The Bertz CT molecular complexity index is 627. The van der Waals surface area contributed by atoms with Crippen molar-refractivity contribution in [3.05, 3.63) is 29.8 Å². The van der Waals surface area contributed by atoms with Crippen molar-refractivity contribution >= 4 is 11.6 Å². The molecule has 0 N–H and O–H groups in total. The summed E-state index contributed by atoms with van der Waals surface area (Å²) in [4.78, 5) is 18.6. The molecule has 0 aliphatic carbocycles. The third-order valence-electron chi connectivity index (χ3n) is 5.39. The summed E-state index contributed by atoms with van der Waals surface area (Å²) in [6.07, 6.45) is -1.01. The van der Waals surface area contributed by atoms with E-state index in [2.05, 4.69) is 11.8 Å². The highest BCUT2D eigenvalue weighted by Crippen LogP contribution is 2.31. The average molecular weight is 369 g/mol. The molecule has 4 nitrogen and oxygen atoms in total. The van der Waals surface area contributed by atoms with E-state index in [1.165, 1.54) is 18.6 Å². The molecule has 1 aromatic carbocycles. The van der Waals surface area contributed by atoms with Crippen LogP contribution in [-0.2, 0) is 11.0 Å². The molecule has 1 unspecified atom stereocenters. The van der Waals surface area contributed by atoms with Gasteiger partial charge in [0.25, 0.3) is 0 Å². The molecule has 7 heteroatoms. The summed E-state index contributed by atoms with van der Waals surface area (Å²) in [6.45, 7) is 5.97. The van der Waals surface area contributed by atoms with Crippen molar-refractivity contribution in [3.8, 4) is 0 Å². The molecule has 2 fully saturated rings. The van der Waals surface area contributed by atoms with Gasteiger partial charge < -0.3 is 9.80 Å². The van der Waals surface area contributed by atoms with Crippen molar-refractivity contribution in [2.24, 2.45) is 0 Å². The highest BCUT2D eigenvalue weighted by atomic mass is 19.4. The van der Waals surface area contributed by atoms with Gasteiger partial charge in [-0.25, -0.2) is 0 Å². The number of rotatable bonds is 3. The van der Waals surface area contributed by atoms with Gasteiger partial charge >= 0.3 is 6.18 Å². The first kappa shape index (κ1) is 19.0. The number of anilines is 1. The van der Waals surface area contributed by atoms with Gasteiger partial charge in [-0.15, -0.1) is 0 Å². The number of halogens is 3. The highest BCUT2D eigenvalue weighted by molar-refractivity contribution is 5.78. The molecule has 0 saturated carbocycles. The van der Waals surface area contributed by atoms with Crippen molar-refractivity contribution in [2.45, 2.75) is 38.4 Å². The molecule has 1 atom stereocenters. The van der Waals surface area contributed by atoms with Gasteiger partial charge in [-0.05, 0) is 44.4 Å². The topological polar surface area (TPSA) is 26.8 Å². The Kier molecular flexibility index (Phi) is 5.75. The van der Waals surface area contributed by atoms with Crippen LogP contribution in [0.3, 0.4) is 0 Å². The summed E-state index contributed by atoms with van der Waals surface area (Å²) >= 11 is 0. The second kappa shape index (κ2) is 7.86. The number of piperidine rings is 1. The molecular formula is C19H26F3N3O.